The molecule has 4 aromatic rings. The number of thiazole rings is 1. The highest BCUT2D eigenvalue weighted by Crippen LogP contribution is 2.25. The highest BCUT2D eigenvalue weighted by atomic mass is 32.1. The van der Waals surface area contributed by atoms with Crippen LogP contribution in [-0.2, 0) is 0 Å². The van der Waals surface area contributed by atoms with Gasteiger partial charge < -0.3 is 4.42 Å². The third-order valence-corrected chi connectivity index (χ3v) is 4.45. The molecule has 27 heavy (non-hydrogen) atoms. The molecule has 0 atom stereocenters. The number of anilines is 1. The Morgan fingerprint density at radius 3 is 2.70 bits per heavy atom. The maximum Gasteiger partial charge on any atom is 0.294 e. The van der Waals surface area contributed by atoms with Gasteiger partial charge >= 0.3 is 0 Å². The zero-order valence-corrected chi connectivity index (χ0v) is 15.0. The fraction of sp³-hybridized carbons (Fsp3) is 0.0526. The molecule has 0 aliphatic rings. The minimum atomic E-state index is -0.464. The predicted molar refractivity (Wildman–Crippen MR) is 99.9 cm³/mol. The number of pyridine rings is 1. The van der Waals surface area contributed by atoms with Crippen molar-refractivity contribution in [1.82, 2.24) is 15.0 Å². The summed E-state index contributed by atoms with van der Waals surface area (Å²) in [6.07, 6.45) is 1.32. The standard InChI is InChI=1S/C19H13FN4O2S/c1-11-3-2-4-14(22-11)15-10-27-19(23-15)24-17(25)16-9-21-18(26-16)12-5-7-13(20)8-6-12/h2-10H,1H3,(H,23,24,25). The number of nitrogens with zero attached hydrogens (tertiary/aromatic N) is 3. The van der Waals surface area contributed by atoms with Gasteiger partial charge in [-0.05, 0) is 43.3 Å². The quantitative estimate of drug-likeness (QED) is 0.561. The first-order chi connectivity index (χ1) is 13.1. The van der Waals surface area contributed by atoms with E-state index in [0.29, 0.717) is 16.4 Å². The van der Waals surface area contributed by atoms with Gasteiger partial charge in [0.1, 0.15) is 11.5 Å². The van der Waals surface area contributed by atoms with Crippen LogP contribution in [0.15, 0.2) is 58.5 Å². The summed E-state index contributed by atoms with van der Waals surface area (Å²) in [6.45, 7) is 1.90. The SMILES string of the molecule is Cc1cccc(-c2csc(NC(=O)c3cnc(-c4ccc(F)cc4)o3)n2)n1. The molecule has 0 saturated carbocycles. The van der Waals surface area contributed by atoms with E-state index < -0.39 is 5.91 Å². The third kappa shape index (κ3) is 3.75. The van der Waals surface area contributed by atoms with Gasteiger partial charge in [0.2, 0.25) is 11.7 Å². The molecule has 4 rings (SSSR count). The Labute approximate surface area is 157 Å². The molecule has 8 heteroatoms. The maximum absolute atomic E-state index is 13.0. The van der Waals surface area contributed by atoms with E-state index in [1.807, 2.05) is 30.5 Å². The summed E-state index contributed by atoms with van der Waals surface area (Å²) in [5, 5.41) is 4.93. The highest BCUT2D eigenvalue weighted by Gasteiger charge is 2.16. The maximum atomic E-state index is 13.0. The molecule has 0 saturated heterocycles. The number of hydrogen-bond acceptors (Lipinski definition) is 6. The summed E-state index contributed by atoms with van der Waals surface area (Å²) < 4.78 is 18.5. The Bertz CT molecular complexity index is 1100. The van der Waals surface area contributed by atoms with Crippen molar-refractivity contribution in [3.05, 3.63) is 71.3 Å². The molecule has 3 heterocycles. The average molecular weight is 380 g/mol. The number of oxazole rings is 1. The van der Waals surface area contributed by atoms with Crippen LogP contribution in [-0.4, -0.2) is 20.9 Å². The molecule has 0 fully saturated rings. The number of amides is 1. The molecule has 0 radical (unpaired) electrons. The number of benzene rings is 1. The van der Waals surface area contributed by atoms with E-state index in [0.717, 1.165) is 11.4 Å². The van der Waals surface area contributed by atoms with Gasteiger partial charge in [-0.25, -0.2) is 14.4 Å². The minimum Gasteiger partial charge on any atom is -0.431 e. The largest absolute Gasteiger partial charge is 0.431 e. The van der Waals surface area contributed by atoms with E-state index in [2.05, 4.69) is 20.3 Å². The van der Waals surface area contributed by atoms with Crippen molar-refractivity contribution < 1.29 is 13.6 Å². The van der Waals surface area contributed by atoms with Gasteiger partial charge in [0, 0.05) is 16.6 Å². The lowest BCUT2D eigenvalue weighted by Gasteiger charge is -1.99. The van der Waals surface area contributed by atoms with Crippen LogP contribution in [0.1, 0.15) is 16.2 Å². The summed E-state index contributed by atoms with van der Waals surface area (Å²) in [5.74, 6) is -0.538. The van der Waals surface area contributed by atoms with Crippen molar-refractivity contribution in [3.63, 3.8) is 0 Å². The van der Waals surface area contributed by atoms with Crippen LogP contribution in [0.2, 0.25) is 0 Å². The van der Waals surface area contributed by atoms with Gasteiger partial charge in [-0.15, -0.1) is 11.3 Å². The molecular formula is C19H13FN4O2S. The van der Waals surface area contributed by atoms with Crippen LogP contribution in [0, 0.1) is 12.7 Å². The molecule has 1 aromatic carbocycles. The van der Waals surface area contributed by atoms with Gasteiger partial charge in [-0.2, -0.15) is 0 Å². The van der Waals surface area contributed by atoms with Crippen LogP contribution < -0.4 is 5.32 Å². The Balaban J connectivity index is 1.49. The number of nitrogens with one attached hydrogen (secondary N) is 1. The average Bonchev–Trinajstić information content (AvgIpc) is 3.32. The zero-order valence-electron chi connectivity index (χ0n) is 14.1. The topological polar surface area (TPSA) is 80.9 Å². The van der Waals surface area contributed by atoms with E-state index in [-0.39, 0.29) is 17.5 Å². The predicted octanol–water partition coefficient (Wildman–Crippen LogP) is 4.56. The summed E-state index contributed by atoms with van der Waals surface area (Å²) in [4.78, 5) is 25.2. The van der Waals surface area contributed by atoms with E-state index in [9.17, 15) is 9.18 Å². The number of hydrogen-bond donors (Lipinski definition) is 1. The van der Waals surface area contributed by atoms with Gasteiger partial charge in [0.25, 0.3) is 5.91 Å². The Morgan fingerprint density at radius 1 is 1.11 bits per heavy atom. The monoisotopic (exact) mass is 380 g/mol. The van der Waals surface area contributed by atoms with Crippen LogP contribution in [0.4, 0.5) is 9.52 Å². The molecule has 0 aliphatic carbocycles. The Hall–Kier alpha value is -3.39. The van der Waals surface area contributed by atoms with Crippen LogP contribution >= 0.6 is 11.3 Å². The van der Waals surface area contributed by atoms with E-state index >= 15 is 0 Å². The van der Waals surface area contributed by atoms with Crippen LogP contribution in [0.25, 0.3) is 22.8 Å². The molecule has 0 bridgehead atoms. The molecular weight excluding hydrogens is 367 g/mol. The van der Waals surface area contributed by atoms with Crippen molar-refractivity contribution in [2.45, 2.75) is 6.92 Å². The number of halogens is 1. The number of aryl methyl sites for hydroxylation is 1. The summed E-state index contributed by atoms with van der Waals surface area (Å²) in [6, 6.07) is 11.3. The lowest BCUT2D eigenvalue weighted by molar-refractivity contribution is 0.0997. The van der Waals surface area contributed by atoms with Crippen LogP contribution in [0.3, 0.4) is 0 Å². The molecule has 1 N–H and O–H groups in total. The highest BCUT2D eigenvalue weighted by molar-refractivity contribution is 7.14. The normalized spacial score (nSPS) is 10.7. The van der Waals surface area contributed by atoms with Gasteiger partial charge in [-0.1, -0.05) is 6.07 Å². The lowest BCUT2D eigenvalue weighted by atomic mass is 10.2. The molecule has 0 unspecified atom stereocenters. The molecule has 0 spiro atoms. The van der Waals surface area contributed by atoms with E-state index in [1.54, 1.807) is 0 Å². The Morgan fingerprint density at radius 2 is 1.93 bits per heavy atom. The lowest BCUT2D eigenvalue weighted by Crippen LogP contribution is -2.10. The second kappa shape index (κ2) is 7.08. The number of carbonyl (C=O) groups is 1. The van der Waals surface area contributed by atoms with Crippen molar-refractivity contribution in [2.24, 2.45) is 0 Å². The molecule has 3 aromatic heterocycles. The summed E-state index contributed by atoms with van der Waals surface area (Å²) in [5.41, 5.74) is 2.90. The van der Waals surface area contributed by atoms with Gasteiger partial charge in [0.05, 0.1) is 11.9 Å². The molecule has 0 aliphatic heterocycles. The first kappa shape index (κ1) is 17.0. The van der Waals surface area contributed by atoms with Gasteiger partial charge in [0.15, 0.2) is 5.13 Å². The fourth-order valence-corrected chi connectivity index (χ4v) is 3.10. The van der Waals surface area contributed by atoms with Crippen molar-refractivity contribution in [3.8, 4) is 22.8 Å². The van der Waals surface area contributed by atoms with Crippen molar-refractivity contribution >= 4 is 22.4 Å². The number of rotatable bonds is 4. The fourth-order valence-electron chi connectivity index (χ4n) is 2.40. The van der Waals surface area contributed by atoms with Gasteiger partial charge in [-0.3, -0.25) is 15.1 Å². The van der Waals surface area contributed by atoms with Crippen LogP contribution in [0.5, 0.6) is 0 Å². The van der Waals surface area contributed by atoms with E-state index in [1.165, 1.54) is 41.8 Å². The number of carbonyl (C=O) groups excluding carboxylic acids is 1. The second-order valence-electron chi connectivity index (χ2n) is 5.69. The smallest absolute Gasteiger partial charge is 0.294 e. The summed E-state index contributed by atoms with van der Waals surface area (Å²) in [7, 11) is 0. The van der Waals surface area contributed by atoms with Crippen molar-refractivity contribution in [1.29, 1.82) is 0 Å². The van der Waals surface area contributed by atoms with E-state index in [4.69, 9.17) is 4.42 Å². The minimum absolute atomic E-state index is 0.0414. The number of aromatic nitrogens is 3. The Kier molecular flexibility index (Phi) is 4.47. The first-order valence-electron chi connectivity index (χ1n) is 8.01. The second-order valence-corrected chi connectivity index (χ2v) is 6.55. The first-order valence-corrected chi connectivity index (χ1v) is 8.89. The molecule has 134 valence electrons. The summed E-state index contributed by atoms with van der Waals surface area (Å²) >= 11 is 1.29. The van der Waals surface area contributed by atoms with Crippen molar-refractivity contribution in [2.75, 3.05) is 5.32 Å². The molecule has 1 amide bonds. The molecule has 6 nitrogen and oxygen atoms in total. The zero-order chi connectivity index (χ0) is 18.8. The third-order valence-electron chi connectivity index (χ3n) is 3.70.